The number of nitrogens with zero attached hydrogens (tertiary/aromatic N) is 3. The number of amides is 1. The Morgan fingerprint density at radius 1 is 1.18 bits per heavy atom. The summed E-state index contributed by atoms with van der Waals surface area (Å²) in [7, 11) is 0. The molecule has 0 unspecified atom stereocenters. The van der Waals surface area contributed by atoms with Gasteiger partial charge >= 0.3 is 5.69 Å². The third-order valence-electron chi connectivity index (χ3n) is 6.02. The molecule has 4 rings (SSSR count). The van der Waals surface area contributed by atoms with Crippen molar-refractivity contribution in [3.63, 3.8) is 0 Å². The van der Waals surface area contributed by atoms with Crippen molar-refractivity contribution in [1.82, 2.24) is 14.5 Å². The molecule has 174 valence electrons. The Hall–Kier alpha value is -3.13. The summed E-state index contributed by atoms with van der Waals surface area (Å²) in [5.41, 5.74) is 1.31. The summed E-state index contributed by atoms with van der Waals surface area (Å²) in [6.45, 7) is 7.92. The molecule has 3 aromatic rings. The Kier molecular flexibility index (Phi) is 6.56. The van der Waals surface area contributed by atoms with Gasteiger partial charge < -0.3 is 10.2 Å². The maximum atomic E-state index is 13.3. The van der Waals surface area contributed by atoms with Crippen LogP contribution >= 0.6 is 11.6 Å². The van der Waals surface area contributed by atoms with Crippen LogP contribution in [0.5, 0.6) is 0 Å². The fraction of sp³-hybridized carbons (Fsp3) is 0.417. The lowest BCUT2D eigenvalue weighted by atomic mass is 10.0. The van der Waals surface area contributed by atoms with Crippen molar-refractivity contribution in [2.75, 3.05) is 23.3 Å². The Morgan fingerprint density at radius 3 is 2.55 bits per heavy atom. The van der Waals surface area contributed by atoms with Crippen molar-refractivity contribution in [1.29, 1.82) is 0 Å². The van der Waals surface area contributed by atoms with E-state index in [0.29, 0.717) is 22.9 Å². The number of carbonyl (C=O) groups excluding carboxylic acids is 1. The van der Waals surface area contributed by atoms with Crippen molar-refractivity contribution in [2.24, 2.45) is 0 Å². The number of aromatic nitrogens is 3. The first-order valence-electron chi connectivity index (χ1n) is 11.3. The number of hydrogen-bond donors (Lipinski definition) is 2. The molecule has 0 aliphatic carbocycles. The van der Waals surface area contributed by atoms with Crippen LogP contribution in [0.15, 0.2) is 33.9 Å². The van der Waals surface area contributed by atoms with E-state index in [1.807, 2.05) is 26.0 Å². The number of aromatic amines is 1. The van der Waals surface area contributed by atoms with Crippen LogP contribution in [0.3, 0.4) is 0 Å². The third kappa shape index (κ3) is 4.53. The number of benzene rings is 1. The van der Waals surface area contributed by atoms with Crippen LogP contribution in [-0.4, -0.2) is 33.5 Å². The molecule has 1 amide bonds. The van der Waals surface area contributed by atoms with Gasteiger partial charge in [-0.25, -0.2) is 9.78 Å². The van der Waals surface area contributed by atoms with Crippen LogP contribution < -0.4 is 21.5 Å². The van der Waals surface area contributed by atoms with Gasteiger partial charge in [0.05, 0.1) is 21.7 Å². The predicted octanol–water partition coefficient (Wildman–Crippen LogP) is 4.12. The maximum Gasteiger partial charge on any atom is 0.329 e. The third-order valence-corrected chi connectivity index (χ3v) is 6.33. The Balaban J connectivity index is 1.74. The average molecular weight is 470 g/mol. The van der Waals surface area contributed by atoms with E-state index in [0.717, 1.165) is 31.6 Å². The Morgan fingerprint density at radius 2 is 1.91 bits per heavy atom. The van der Waals surface area contributed by atoms with Gasteiger partial charge in [-0.2, -0.15) is 0 Å². The maximum absolute atomic E-state index is 13.3. The second kappa shape index (κ2) is 9.39. The highest BCUT2D eigenvalue weighted by Crippen LogP contribution is 2.31. The number of rotatable bonds is 5. The molecule has 3 heterocycles. The summed E-state index contributed by atoms with van der Waals surface area (Å²) in [4.78, 5) is 47.4. The van der Waals surface area contributed by atoms with E-state index in [-0.39, 0.29) is 22.5 Å². The molecule has 1 aromatic carbocycles. The van der Waals surface area contributed by atoms with Gasteiger partial charge in [-0.15, -0.1) is 0 Å². The zero-order valence-corrected chi connectivity index (χ0v) is 19.8. The molecule has 1 saturated heterocycles. The molecule has 0 saturated carbocycles. The number of aryl methyl sites for hydroxylation is 1. The number of H-pyrrole nitrogens is 1. The van der Waals surface area contributed by atoms with E-state index in [1.165, 1.54) is 11.0 Å². The van der Waals surface area contributed by atoms with Gasteiger partial charge in [-0.1, -0.05) is 25.4 Å². The number of pyridine rings is 1. The van der Waals surface area contributed by atoms with Gasteiger partial charge in [0.15, 0.2) is 5.65 Å². The van der Waals surface area contributed by atoms with Crippen LogP contribution in [0, 0.1) is 0 Å². The summed E-state index contributed by atoms with van der Waals surface area (Å²) in [5.74, 6) is -0.461. The molecule has 9 heteroatoms. The van der Waals surface area contributed by atoms with Crippen molar-refractivity contribution in [2.45, 2.75) is 52.5 Å². The highest BCUT2D eigenvalue weighted by Gasteiger charge is 2.21. The topological polar surface area (TPSA) is 100 Å². The van der Waals surface area contributed by atoms with E-state index in [9.17, 15) is 14.4 Å². The van der Waals surface area contributed by atoms with Gasteiger partial charge in [0.1, 0.15) is 0 Å². The van der Waals surface area contributed by atoms with Crippen LogP contribution in [0.2, 0.25) is 5.02 Å². The minimum atomic E-state index is -0.633. The molecule has 0 radical (unpaired) electrons. The van der Waals surface area contributed by atoms with Crippen LogP contribution in [0.1, 0.15) is 62.0 Å². The minimum Gasteiger partial charge on any atom is -0.370 e. The summed E-state index contributed by atoms with van der Waals surface area (Å²) in [6.07, 6.45) is 3.50. The predicted molar refractivity (Wildman–Crippen MR) is 132 cm³/mol. The number of hydrogen-bond acceptors (Lipinski definition) is 5. The largest absolute Gasteiger partial charge is 0.370 e. The van der Waals surface area contributed by atoms with Crippen molar-refractivity contribution >= 4 is 39.9 Å². The second-order valence-electron chi connectivity index (χ2n) is 8.62. The normalized spacial score (nSPS) is 14.2. The fourth-order valence-corrected chi connectivity index (χ4v) is 4.54. The SMILES string of the molecule is CCn1c(=O)[nH]c(=O)c2c(C(=O)Nc3ccc(N4CCCCC4)c(Cl)c3)cc(C(C)C)nc21. The quantitative estimate of drug-likeness (QED) is 0.585. The molecule has 2 aromatic heterocycles. The van der Waals surface area contributed by atoms with Gasteiger partial charge in [0, 0.05) is 31.0 Å². The van der Waals surface area contributed by atoms with E-state index in [4.69, 9.17) is 11.6 Å². The Bertz CT molecular complexity index is 1320. The summed E-state index contributed by atoms with van der Waals surface area (Å²) in [6, 6.07) is 7.07. The van der Waals surface area contributed by atoms with Crippen LogP contribution in [0.25, 0.3) is 11.0 Å². The lowest BCUT2D eigenvalue weighted by Gasteiger charge is -2.29. The summed E-state index contributed by atoms with van der Waals surface area (Å²) < 4.78 is 1.36. The smallest absolute Gasteiger partial charge is 0.329 e. The van der Waals surface area contributed by atoms with Crippen LogP contribution in [-0.2, 0) is 6.54 Å². The molecule has 2 N–H and O–H groups in total. The van der Waals surface area contributed by atoms with Gasteiger partial charge in [-0.3, -0.25) is 19.1 Å². The van der Waals surface area contributed by atoms with Gasteiger partial charge in [-0.05, 0) is 56.4 Å². The molecule has 1 aliphatic rings. The highest BCUT2D eigenvalue weighted by atomic mass is 35.5. The lowest BCUT2D eigenvalue weighted by molar-refractivity contribution is 0.102. The zero-order valence-electron chi connectivity index (χ0n) is 19.1. The van der Waals surface area contributed by atoms with Crippen molar-refractivity contribution < 1.29 is 4.79 Å². The molecule has 1 fully saturated rings. The number of piperidine rings is 1. The van der Waals surface area contributed by atoms with Crippen molar-refractivity contribution in [3.8, 4) is 0 Å². The molecular formula is C24H28ClN5O3. The average Bonchev–Trinajstić information content (AvgIpc) is 2.79. The molecular weight excluding hydrogens is 442 g/mol. The second-order valence-corrected chi connectivity index (χ2v) is 9.03. The minimum absolute atomic E-state index is 0.00100. The molecule has 1 aliphatic heterocycles. The summed E-state index contributed by atoms with van der Waals surface area (Å²) in [5, 5.41) is 3.51. The first-order chi connectivity index (χ1) is 15.8. The first kappa shape index (κ1) is 23.0. The molecule has 0 spiro atoms. The number of anilines is 2. The molecule has 0 bridgehead atoms. The molecule has 33 heavy (non-hydrogen) atoms. The number of halogens is 1. The van der Waals surface area contributed by atoms with Gasteiger partial charge in [0.2, 0.25) is 0 Å². The standard InChI is InChI=1S/C24H28ClN5O3/c1-4-30-21-20(23(32)28-24(30)33)16(13-18(27-21)14(2)3)22(31)26-15-8-9-19(17(25)12-15)29-10-6-5-7-11-29/h8-9,12-14H,4-7,10-11H2,1-3H3,(H,26,31)(H,28,32,33). The van der Waals surface area contributed by atoms with E-state index < -0.39 is 17.2 Å². The van der Waals surface area contributed by atoms with Crippen molar-refractivity contribution in [3.05, 3.63) is 61.4 Å². The highest BCUT2D eigenvalue weighted by molar-refractivity contribution is 6.33. The number of fused-ring (bicyclic) bond motifs is 1. The van der Waals surface area contributed by atoms with E-state index >= 15 is 0 Å². The number of nitrogens with one attached hydrogen (secondary N) is 2. The van der Waals surface area contributed by atoms with E-state index in [1.54, 1.807) is 19.1 Å². The number of carbonyl (C=O) groups is 1. The van der Waals surface area contributed by atoms with Crippen LogP contribution in [0.4, 0.5) is 11.4 Å². The monoisotopic (exact) mass is 469 g/mol. The molecule has 8 nitrogen and oxygen atoms in total. The molecule has 0 atom stereocenters. The van der Waals surface area contributed by atoms with Gasteiger partial charge in [0.25, 0.3) is 11.5 Å². The van der Waals surface area contributed by atoms with E-state index in [2.05, 4.69) is 20.2 Å². The zero-order chi connectivity index (χ0) is 23.7. The lowest BCUT2D eigenvalue weighted by Crippen LogP contribution is -2.32. The Labute approximate surface area is 196 Å². The first-order valence-corrected chi connectivity index (χ1v) is 11.7. The summed E-state index contributed by atoms with van der Waals surface area (Å²) >= 11 is 6.54. The fourth-order valence-electron chi connectivity index (χ4n) is 4.24.